The summed E-state index contributed by atoms with van der Waals surface area (Å²) < 4.78 is 5.64. The van der Waals surface area contributed by atoms with Crippen LogP contribution in [0.5, 0.6) is 0 Å². The molecule has 1 fully saturated rings. The van der Waals surface area contributed by atoms with E-state index < -0.39 is 0 Å². The molecule has 1 aliphatic rings. The lowest BCUT2D eigenvalue weighted by atomic mass is 10.1. The number of aromatic nitrogens is 1. The fraction of sp³-hybridized carbons (Fsp3) is 0.500. The maximum absolute atomic E-state index is 5.73. The maximum atomic E-state index is 5.73. The minimum atomic E-state index is 0.593. The minimum Gasteiger partial charge on any atom is -0.424 e. The highest BCUT2D eigenvalue weighted by Crippen LogP contribution is 2.22. The molecule has 1 atom stereocenters. The van der Waals surface area contributed by atoms with E-state index in [1.54, 1.807) is 0 Å². The van der Waals surface area contributed by atoms with Gasteiger partial charge in [-0.3, -0.25) is 0 Å². The topological polar surface area (TPSA) is 67.3 Å². The highest BCUT2D eigenvalue weighted by atomic mass is 16.4. The van der Waals surface area contributed by atoms with Crippen LogP contribution >= 0.6 is 0 Å². The molecule has 2 aromatic rings. The zero-order valence-corrected chi connectivity index (χ0v) is 11.2. The number of fused-ring (bicyclic) bond motifs is 1. The highest BCUT2D eigenvalue weighted by molar-refractivity contribution is 5.78. The standard InChI is InChI=1S/C14H20N4O/c1-2-18-6-5-10(9-18)8-16-14-17-12-7-11(15)3-4-13(12)19-14/h3-4,7,10H,2,5-6,8-9,15H2,1H3,(H,16,17). The van der Waals surface area contributed by atoms with Crippen LogP contribution in [0.2, 0.25) is 0 Å². The van der Waals surface area contributed by atoms with Crippen molar-refractivity contribution in [2.45, 2.75) is 13.3 Å². The van der Waals surface area contributed by atoms with Crippen molar-refractivity contribution >= 4 is 22.8 Å². The number of likely N-dealkylation sites (tertiary alicyclic amines) is 1. The van der Waals surface area contributed by atoms with Gasteiger partial charge in [0.15, 0.2) is 5.58 Å². The largest absolute Gasteiger partial charge is 0.424 e. The van der Waals surface area contributed by atoms with Crippen molar-refractivity contribution < 1.29 is 4.42 Å². The van der Waals surface area contributed by atoms with Gasteiger partial charge in [-0.1, -0.05) is 6.92 Å². The van der Waals surface area contributed by atoms with Crippen LogP contribution in [-0.2, 0) is 0 Å². The first-order valence-corrected chi connectivity index (χ1v) is 6.87. The predicted octanol–water partition coefficient (Wildman–Crippen LogP) is 2.16. The summed E-state index contributed by atoms with van der Waals surface area (Å²) in [6.45, 7) is 6.63. The summed E-state index contributed by atoms with van der Waals surface area (Å²) >= 11 is 0. The summed E-state index contributed by atoms with van der Waals surface area (Å²) in [5, 5.41) is 3.29. The number of nitrogens with two attached hydrogens (primary N) is 1. The Labute approximate surface area is 112 Å². The molecule has 102 valence electrons. The van der Waals surface area contributed by atoms with Crippen molar-refractivity contribution in [2.75, 3.05) is 37.2 Å². The lowest BCUT2D eigenvalue weighted by molar-refractivity contribution is 0.344. The molecule has 1 aromatic heterocycles. The SMILES string of the molecule is CCN1CCC(CNc2nc3cc(N)ccc3o2)C1. The van der Waals surface area contributed by atoms with Crippen LogP contribution in [0.3, 0.4) is 0 Å². The molecule has 5 heteroatoms. The molecule has 1 aliphatic heterocycles. The first kappa shape index (κ1) is 12.3. The fourth-order valence-corrected chi connectivity index (χ4v) is 2.62. The zero-order chi connectivity index (χ0) is 13.2. The fourth-order valence-electron chi connectivity index (χ4n) is 2.62. The van der Waals surface area contributed by atoms with Crippen molar-refractivity contribution in [1.82, 2.24) is 9.88 Å². The Kier molecular flexibility index (Phi) is 3.29. The van der Waals surface area contributed by atoms with Gasteiger partial charge >= 0.3 is 0 Å². The van der Waals surface area contributed by atoms with Gasteiger partial charge in [0.2, 0.25) is 0 Å². The second-order valence-corrected chi connectivity index (χ2v) is 5.18. The number of benzene rings is 1. The van der Waals surface area contributed by atoms with Gasteiger partial charge in [0.1, 0.15) is 5.52 Å². The molecule has 2 heterocycles. The van der Waals surface area contributed by atoms with E-state index in [0.717, 1.165) is 30.7 Å². The first-order chi connectivity index (χ1) is 9.24. The van der Waals surface area contributed by atoms with Crippen LogP contribution in [0.1, 0.15) is 13.3 Å². The van der Waals surface area contributed by atoms with Gasteiger partial charge in [-0.2, -0.15) is 4.98 Å². The van der Waals surface area contributed by atoms with E-state index in [1.807, 2.05) is 18.2 Å². The molecule has 1 unspecified atom stereocenters. The Morgan fingerprint density at radius 3 is 3.21 bits per heavy atom. The van der Waals surface area contributed by atoms with Crippen LogP contribution in [0.15, 0.2) is 22.6 Å². The van der Waals surface area contributed by atoms with Crippen LogP contribution in [0.25, 0.3) is 11.1 Å². The van der Waals surface area contributed by atoms with Crippen LogP contribution in [0.4, 0.5) is 11.7 Å². The molecule has 3 N–H and O–H groups in total. The van der Waals surface area contributed by atoms with Crippen molar-refractivity contribution in [3.8, 4) is 0 Å². The molecular formula is C14H20N4O. The third-order valence-electron chi connectivity index (χ3n) is 3.77. The minimum absolute atomic E-state index is 0.593. The van der Waals surface area contributed by atoms with Gasteiger partial charge in [0.05, 0.1) is 0 Å². The van der Waals surface area contributed by atoms with Gasteiger partial charge in [0.25, 0.3) is 6.01 Å². The second kappa shape index (κ2) is 5.09. The molecule has 0 aliphatic carbocycles. The average molecular weight is 260 g/mol. The molecule has 19 heavy (non-hydrogen) atoms. The van der Waals surface area contributed by atoms with Crippen molar-refractivity contribution in [3.63, 3.8) is 0 Å². The first-order valence-electron chi connectivity index (χ1n) is 6.87. The summed E-state index contributed by atoms with van der Waals surface area (Å²) in [5.74, 6) is 0.681. The maximum Gasteiger partial charge on any atom is 0.295 e. The molecule has 0 amide bonds. The van der Waals surface area contributed by atoms with Gasteiger partial charge in [-0.25, -0.2) is 0 Å². The van der Waals surface area contributed by atoms with E-state index in [0.29, 0.717) is 17.6 Å². The van der Waals surface area contributed by atoms with Crippen molar-refractivity contribution in [3.05, 3.63) is 18.2 Å². The van der Waals surface area contributed by atoms with Gasteiger partial charge < -0.3 is 20.4 Å². The quantitative estimate of drug-likeness (QED) is 0.825. The van der Waals surface area contributed by atoms with Gasteiger partial charge in [-0.05, 0) is 43.6 Å². The summed E-state index contributed by atoms with van der Waals surface area (Å²) in [6.07, 6.45) is 1.24. The summed E-state index contributed by atoms with van der Waals surface area (Å²) in [4.78, 5) is 6.87. The van der Waals surface area contributed by atoms with E-state index in [2.05, 4.69) is 22.1 Å². The Bertz CT molecular complexity index is 566. The number of oxazole rings is 1. The Hall–Kier alpha value is -1.75. The molecule has 3 rings (SSSR count). The zero-order valence-electron chi connectivity index (χ0n) is 11.2. The molecule has 1 aromatic carbocycles. The number of nitrogen functional groups attached to an aromatic ring is 1. The number of hydrogen-bond acceptors (Lipinski definition) is 5. The molecule has 1 saturated heterocycles. The van der Waals surface area contributed by atoms with E-state index in [-0.39, 0.29) is 0 Å². The average Bonchev–Trinajstić information content (AvgIpc) is 3.01. The smallest absolute Gasteiger partial charge is 0.295 e. The van der Waals surface area contributed by atoms with Crippen LogP contribution in [-0.4, -0.2) is 36.1 Å². The molecule has 0 bridgehead atoms. The van der Waals surface area contributed by atoms with E-state index in [1.165, 1.54) is 13.0 Å². The Balaban J connectivity index is 1.62. The monoisotopic (exact) mass is 260 g/mol. The van der Waals surface area contributed by atoms with Crippen molar-refractivity contribution in [1.29, 1.82) is 0 Å². The summed E-state index contributed by atoms with van der Waals surface area (Å²) in [7, 11) is 0. The molecule has 0 spiro atoms. The third kappa shape index (κ3) is 2.66. The highest BCUT2D eigenvalue weighted by Gasteiger charge is 2.21. The lowest BCUT2D eigenvalue weighted by Crippen LogP contribution is -2.22. The lowest BCUT2D eigenvalue weighted by Gasteiger charge is -2.12. The van der Waals surface area contributed by atoms with Gasteiger partial charge in [0, 0.05) is 18.8 Å². The third-order valence-corrected chi connectivity index (χ3v) is 3.77. The van der Waals surface area contributed by atoms with E-state index in [4.69, 9.17) is 10.2 Å². The molecule has 5 nitrogen and oxygen atoms in total. The van der Waals surface area contributed by atoms with E-state index >= 15 is 0 Å². The summed E-state index contributed by atoms with van der Waals surface area (Å²) in [5.41, 5.74) is 8.03. The molecule has 0 saturated carbocycles. The number of hydrogen-bond donors (Lipinski definition) is 2. The Morgan fingerprint density at radius 1 is 1.53 bits per heavy atom. The number of rotatable bonds is 4. The second-order valence-electron chi connectivity index (χ2n) is 5.18. The number of anilines is 2. The number of nitrogens with one attached hydrogen (secondary N) is 1. The summed E-state index contributed by atoms with van der Waals surface area (Å²) in [6, 6.07) is 6.11. The molecular weight excluding hydrogens is 240 g/mol. The molecule has 0 radical (unpaired) electrons. The number of nitrogens with zero attached hydrogens (tertiary/aromatic N) is 2. The normalized spacial score (nSPS) is 20.2. The van der Waals surface area contributed by atoms with Gasteiger partial charge in [-0.15, -0.1) is 0 Å². The van der Waals surface area contributed by atoms with Crippen LogP contribution < -0.4 is 11.1 Å². The van der Waals surface area contributed by atoms with Crippen molar-refractivity contribution in [2.24, 2.45) is 5.92 Å². The predicted molar refractivity (Wildman–Crippen MR) is 77.1 cm³/mol. The Morgan fingerprint density at radius 2 is 2.42 bits per heavy atom. The van der Waals surface area contributed by atoms with Crippen LogP contribution in [0, 0.1) is 5.92 Å². The van der Waals surface area contributed by atoms with E-state index in [9.17, 15) is 0 Å².